The fraction of sp³-hybridized carbons (Fsp3) is 0.263. The Morgan fingerprint density at radius 1 is 1.00 bits per heavy atom. The Labute approximate surface area is 140 Å². The molecule has 0 radical (unpaired) electrons. The molecule has 0 amide bonds. The molecule has 3 rings (SSSR count). The van der Waals surface area contributed by atoms with Crippen molar-refractivity contribution >= 4 is 11.0 Å². The van der Waals surface area contributed by atoms with E-state index in [2.05, 4.69) is 0 Å². The van der Waals surface area contributed by atoms with Crippen molar-refractivity contribution in [3.05, 3.63) is 42.0 Å². The molecule has 1 aromatic heterocycles. The Morgan fingerprint density at radius 2 is 1.79 bits per heavy atom. The number of benzene rings is 2. The topological polar surface area (TPSA) is 72.1 Å². The fourth-order valence-corrected chi connectivity index (χ4v) is 2.74. The predicted octanol–water partition coefficient (Wildman–Crippen LogP) is 3.75. The Balaban J connectivity index is 2.04. The summed E-state index contributed by atoms with van der Waals surface area (Å²) in [5.74, 6) is 1.92. The van der Waals surface area contributed by atoms with Gasteiger partial charge in [0.1, 0.15) is 17.1 Å². The number of rotatable bonds is 6. The van der Waals surface area contributed by atoms with E-state index >= 15 is 0 Å². The number of aryl methyl sites for hydroxylation is 1. The van der Waals surface area contributed by atoms with Crippen LogP contribution in [-0.4, -0.2) is 31.0 Å². The van der Waals surface area contributed by atoms with Crippen molar-refractivity contribution in [3.63, 3.8) is 0 Å². The van der Waals surface area contributed by atoms with Crippen LogP contribution in [0.1, 0.15) is 12.0 Å². The summed E-state index contributed by atoms with van der Waals surface area (Å²) in [5, 5.41) is 19.7. The lowest BCUT2D eigenvalue weighted by Crippen LogP contribution is -1.94. The van der Waals surface area contributed by atoms with Crippen LogP contribution in [0.3, 0.4) is 0 Å². The van der Waals surface area contributed by atoms with E-state index in [4.69, 9.17) is 19.0 Å². The van der Waals surface area contributed by atoms with E-state index in [1.807, 2.05) is 18.2 Å². The zero-order valence-electron chi connectivity index (χ0n) is 13.7. The molecule has 24 heavy (non-hydrogen) atoms. The van der Waals surface area contributed by atoms with Crippen LogP contribution >= 0.6 is 0 Å². The number of hydrogen-bond donors (Lipinski definition) is 2. The molecule has 0 spiro atoms. The van der Waals surface area contributed by atoms with Gasteiger partial charge in [0, 0.05) is 23.6 Å². The predicted molar refractivity (Wildman–Crippen MR) is 91.8 cm³/mol. The molecular formula is C19H20O5. The summed E-state index contributed by atoms with van der Waals surface area (Å²) in [6.45, 7) is 0.144. The molecule has 2 aromatic carbocycles. The van der Waals surface area contributed by atoms with Crippen LogP contribution in [0.2, 0.25) is 0 Å². The van der Waals surface area contributed by atoms with Crippen molar-refractivity contribution in [2.45, 2.75) is 12.8 Å². The van der Waals surface area contributed by atoms with Crippen LogP contribution in [0.4, 0.5) is 0 Å². The lowest BCUT2D eigenvalue weighted by molar-refractivity contribution is 0.288. The lowest BCUT2D eigenvalue weighted by Gasteiger charge is -2.07. The number of aliphatic hydroxyl groups excluding tert-OH is 1. The number of phenols is 1. The number of aliphatic hydroxyl groups is 1. The van der Waals surface area contributed by atoms with E-state index in [1.54, 1.807) is 25.3 Å². The summed E-state index contributed by atoms with van der Waals surface area (Å²) < 4.78 is 16.5. The summed E-state index contributed by atoms with van der Waals surface area (Å²) in [4.78, 5) is 0. The van der Waals surface area contributed by atoms with E-state index in [1.165, 1.54) is 7.11 Å². The number of aromatic hydroxyl groups is 1. The Bertz CT molecular complexity index is 850. The molecule has 0 aliphatic carbocycles. The molecule has 0 bridgehead atoms. The molecule has 0 fully saturated rings. The second-order valence-electron chi connectivity index (χ2n) is 5.53. The molecule has 3 aromatic rings. The number of phenolic OH excluding ortho intramolecular Hbond substituents is 1. The third-order valence-electron chi connectivity index (χ3n) is 3.99. The van der Waals surface area contributed by atoms with Gasteiger partial charge < -0.3 is 24.1 Å². The van der Waals surface area contributed by atoms with E-state index in [0.717, 1.165) is 34.3 Å². The second kappa shape index (κ2) is 6.84. The zero-order valence-corrected chi connectivity index (χ0v) is 13.7. The average molecular weight is 328 g/mol. The quantitative estimate of drug-likeness (QED) is 0.721. The van der Waals surface area contributed by atoms with Gasteiger partial charge in [-0.1, -0.05) is 0 Å². The van der Waals surface area contributed by atoms with Gasteiger partial charge in [-0.25, -0.2) is 0 Å². The lowest BCUT2D eigenvalue weighted by atomic mass is 10.1. The van der Waals surface area contributed by atoms with Crippen LogP contribution in [-0.2, 0) is 6.42 Å². The molecule has 0 aliphatic rings. The molecule has 2 N–H and O–H groups in total. The first-order chi connectivity index (χ1) is 11.7. The molecular weight excluding hydrogens is 308 g/mol. The standard InChI is InChI=1S/C19H20O5/c1-22-16-11-18-14(8-12(16)4-3-7-20)10-17(24-18)13-5-6-15(21)19(9-13)23-2/h5-6,8-11,20-21H,3-4,7H2,1-2H3. The van der Waals surface area contributed by atoms with Crippen molar-refractivity contribution in [1.82, 2.24) is 0 Å². The van der Waals surface area contributed by atoms with Gasteiger partial charge in [-0.15, -0.1) is 0 Å². The van der Waals surface area contributed by atoms with Crippen molar-refractivity contribution in [2.75, 3.05) is 20.8 Å². The van der Waals surface area contributed by atoms with E-state index in [-0.39, 0.29) is 12.4 Å². The van der Waals surface area contributed by atoms with Crippen molar-refractivity contribution in [3.8, 4) is 28.6 Å². The van der Waals surface area contributed by atoms with Crippen molar-refractivity contribution < 1.29 is 24.1 Å². The van der Waals surface area contributed by atoms with Crippen LogP contribution in [0.5, 0.6) is 17.2 Å². The first-order valence-electron chi connectivity index (χ1n) is 7.75. The third kappa shape index (κ3) is 3.03. The molecule has 0 saturated heterocycles. The normalized spacial score (nSPS) is 11.0. The molecule has 1 heterocycles. The van der Waals surface area contributed by atoms with Crippen LogP contribution < -0.4 is 9.47 Å². The van der Waals surface area contributed by atoms with E-state index in [9.17, 15) is 5.11 Å². The minimum Gasteiger partial charge on any atom is -0.504 e. The Kier molecular flexibility index (Phi) is 4.62. The third-order valence-corrected chi connectivity index (χ3v) is 3.99. The minimum atomic E-state index is 0.0883. The summed E-state index contributed by atoms with van der Waals surface area (Å²) in [5.41, 5.74) is 2.58. The zero-order chi connectivity index (χ0) is 17.1. The highest BCUT2D eigenvalue weighted by atomic mass is 16.5. The highest BCUT2D eigenvalue weighted by Gasteiger charge is 2.13. The molecule has 0 atom stereocenters. The van der Waals surface area contributed by atoms with E-state index in [0.29, 0.717) is 17.9 Å². The second-order valence-corrected chi connectivity index (χ2v) is 5.53. The van der Waals surface area contributed by atoms with Gasteiger partial charge in [-0.05, 0) is 48.7 Å². The number of hydrogen-bond acceptors (Lipinski definition) is 5. The van der Waals surface area contributed by atoms with Gasteiger partial charge in [0.25, 0.3) is 0 Å². The molecule has 5 nitrogen and oxygen atoms in total. The van der Waals surface area contributed by atoms with Gasteiger partial charge in [-0.2, -0.15) is 0 Å². The first-order valence-corrected chi connectivity index (χ1v) is 7.75. The minimum absolute atomic E-state index is 0.0883. The van der Waals surface area contributed by atoms with Crippen LogP contribution in [0.25, 0.3) is 22.3 Å². The van der Waals surface area contributed by atoms with Gasteiger partial charge in [0.05, 0.1) is 14.2 Å². The maximum absolute atomic E-state index is 9.72. The SMILES string of the molecule is COc1cc(-c2cc3cc(CCCO)c(OC)cc3o2)ccc1O. The average Bonchev–Trinajstić information content (AvgIpc) is 3.02. The highest BCUT2D eigenvalue weighted by molar-refractivity contribution is 5.85. The maximum Gasteiger partial charge on any atom is 0.161 e. The highest BCUT2D eigenvalue weighted by Crippen LogP contribution is 2.36. The largest absolute Gasteiger partial charge is 0.504 e. The number of furan rings is 1. The van der Waals surface area contributed by atoms with Crippen LogP contribution in [0.15, 0.2) is 40.8 Å². The van der Waals surface area contributed by atoms with Crippen molar-refractivity contribution in [1.29, 1.82) is 0 Å². The molecule has 0 unspecified atom stereocenters. The van der Waals surface area contributed by atoms with Gasteiger partial charge in [-0.3, -0.25) is 0 Å². The molecule has 0 aliphatic heterocycles. The smallest absolute Gasteiger partial charge is 0.161 e. The fourth-order valence-electron chi connectivity index (χ4n) is 2.74. The van der Waals surface area contributed by atoms with Gasteiger partial charge in [0.15, 0.2) is 11.5 Å². The van der Waals surface area contributed by atoms with Crippen molar-refractivity contribution in [2.24, 2.45) is 0 Å². The monoisotopic (exact) mass is 328 g/mol. The first kappa shape index (κ1) is 16.2. The summed E-state index contributed by atoms with van der Waals surface area (Å²) in [7, 11) is 3.13. The molecule has 5 heteroatoms. The van der Waals surface area contributed by atoms with Crippen LogP contribution in [0, 0.1) is 0 Å². The summed E-state index contributed by atoms with van der Waals surface area (Å²) in [6.07, 6.45) is 1.42. The number of fused-ring (bicyclic) bond motifs is 1. The van der Waals surface area contributed by atoms with Gasteiger partial charge >= 0.3 is 0 Å². The summed E-state index contributed by atoms with van der Waals surface area (Å²) in [6, 6.07) is 10.9. The Morgan fingerprint density at radius 3 is 2.50 bits per heavy atom. The number of ether oxygens (including phenoxy) is 2. The van der Waals surface area contributed by atoms with Gasteiger partial charge in [0.2, 0.25) is 0 Å². The molecule has 0 saturated carbocycles. The molecule has 126 valence electrons. The number of methoxy groups -OCH3 is 2. The summed E-state index contributed by atoms with van der Waals surface area (Å²) >= 11 is 0. The maximum atomic E-state index is 9.72. The Hall–Kier alpha value is -2.66. The van der Waals surface area contributed by atoms with E-state index < -0.39 is 0 Å².